The van der Waals surface area contributed by atoms with Crippen LogP contribution in [0.2, 0.25) is 0 Å². The maximum absolute atomic E-state index is 11.3. The Hall–Kier alpha value is -0.740. The van der Waals surface area contributed by atoms with Crippen LogP contribution < -0.4 is 10.6 Å². The van der Waals surface area contributed by atoms with Crippen LogP contribution in [-0.2, 0) is 4.79 Å². The Balaban J connectivity index is 3.04. The third-order valence-corrected chi connectivity index (χ3v) is 2.81. The van der Waals surface area contributed by atoms with Gasteiger partial charge < -0.3 is 10.6 Å². The van der Waals surface area contributed by atoms with Crippen LogP contribution in [0, 0.1) is 0 Å². The molecule has 1 aromatic carbocycles. The summed E-state index contributed by atoms with van der Waals surface area (Å²) in [5, 5.41) is 6.10. The fourth-order valence-corrected chi connectivity index (χ4v) is 1.85. The van der Waals surface area contributed by atoms with Crippen molar-refractivity contribution >= 4 is 44.8 Å². The Morgan fingerprint density at radius 2 is 2.06 bits per heavy atom. The van der Waals surface area contributed by atoms with Gasteiger partial charge in [-0.25, -0.2) is 0 Å². The molecule has 0 aliphatic carbocycles. The second-order valence-electron chi connectivity index (χ2n) is 4.72. The summed E-state index contributed by atoms with van der Waals surface area (Å²) >= 11 is 8.95. The first kappa shape index (κ1) is 14.3. The smallest absolute Gasteiger partial charge is 0.239 e. The number of hydrogen-bond donors (Lipinski definition) is 2. The predicted octanol–water partition coefficient (Wildman–Crippen LogP) is 3.84. The second-order valence-corrected chi connectivity index (χ2v) is 5.84. The van der Waals surface area contributed by atoms with Gasteiger partial charge in [0.1, 0.15) is 5.88 Å². The molecule has 0 saturated heterocycles. The van der Waals surface area contributed by atoms with Crippen molar-refractivity contribution in [2.45, 2.75) is 26.3 Å². The van der Waals surface area contributed by atoms with E-state index in [9.17, 15) is 4.79 Å². The molecule has 0 aromatic heterocycles. The number of nitrogens with one attached hydrogen (secondary N) is 2. The number of rotatable bonds is 3. The molecular weight excluding hydrogens is 304 g/mol. The lowest BCUT2D eigenvalue weighted by Gasteiger charge is -2.25. The Morgan fingerprint density at radius 3 is 2.59 bits per heavy atom. The lowest BCUT2D eigenvalue weighted by molar-refractivity contribution is -0.113. The fourth-order valence-electron chi connectivity index (χ4n) is 1.31. The fraction of sp³-hybridized carbons (Fsp3) is 0.417. The van der Waals surface area contributed by atoms with E-state index in [1.807, 2.05) is 18.2 Å². The van der Waals surface area contributed by atoms with Crippen molar-refractivity contribution < 1.29 is 4.79 Å². The molecule has 2 N–H and O–H groups in total. The molecule has 0 aliphatic rings. The van der Waals surface area contributed by atoms with E-state index in [1.54, 1.807) is 0 Å². The summed E-state index contributed by atoms with van der Waals surface area (Å²) in [7, 11) is 0. The molecule has 0 radical (unpaired) electrons. The molecule has 0 aliphatic heterocycles. The quantitative estimate of drug-likeness (QED) is 0.831. The van der Waals surface area contributed by atoms with Crippen molar-refractivity contribution in [2.75, 3.05) is 16.5 Å². The lowest BCUT2D eigenvalue weighted by atomic mass is 10.1. The summed E-state index contributed by atoms with van der Waals surface area (Å²) in [6.45, 7) is 6.17. The Bertz CT molecular complexity index is 415. The first-order valence-electron chi connectivity index (χ1n) is 5.26. The molecule has 1 aromatic rings. The SMILES string of the molecule is CC(C)(C)Nc1c(Br)cccc1NC(=O)CCl. The number of carbonyl (C=O) groups excluding carboxylic acids is 1. The highest BCUT2D eigenvalue weighted by molar-refractivity contribution is 9.10. The van der Waals surface area contributed by atoms with E-state index in [0.717, 1.165) is 15.8 Å². The van der Waals surface area contributed by atoms with Crippen molar-refractivity contribution in [1.82, 2.24) is 0 Å². The molecule has 0 bridgehead atoms. The number of para-hydroxylation sites is 1. The summed E-state index contributed by atoms with van der Waals surface area (Å²) in [5.41, 5.74) is 1.49. The van der Waals surface area contributed by atoms with Crippen LogP contribution in [0.1, 0.15) is 20.8 Å². The number of hydrogen-bond acceptors (Lipinski definition) is 2. The first-order valence-corrected chi connectivity index (χ1v) is 6.59. The zero-order chi connectivity index (χ0) is 13.1. The molecule has 3 nitrogen and oxygen atoms in total. The van der Waals surface area contributed by atoms with Crippen LogP contribution in [0.5, 0.6) is 0 Å². The Labute approximate surface area is 115 Å². The number of carbonyl (C=O) groups is 1. The molecular formula is C12H16BrClN2O. The Morgan fingerprint density at radius 1 is 1.41 bits per heavy atom. The molecule has 1 rings (SSSR count). The molecule has 1 amide bonds. The number of anilines is 2. The van der Waals surface area contributed by atoms with Gasteiger partial charge in [0.15, 0.2) is 0 Å². The van der Waals surface area contributed by atoms with Crippen molar-refractivity contribution in [3.05, 3.63) is 22.7 Å². The van der Waals surface area contributed by atoms with Crippen LogP contribution >= 0.6 is 27.5 Å². The second kappa shape index (κ2) is 5.74. The van der Waals surface area contributed by atoms with Crippen LogP contribution in [0.3, 0.4) is 0 Å². The maximum atomic E-state index is 11.3. The minimum atomic E-state index is -0.221. The van der Waals surface area contributed by atoms with E-state index in [0.29, 0.717) is 0 Å². The van der Waals surface area contributed by atoms with E-state index in [2.05, 4.69) is 47.3 Å². The predicted molar refractivity (Wildman–Crippen MR) is 76.9 cm³/mol. The Kier molecular flexibility index (Phi) is 4.83. The topological polar surface area (TPSA) is 41.1 Å². The van der Waals surface area contributed by atoms with Gasteiger partial charge in [0.25, 0.3) is 0 Å². The standard InChI is InChI=1S/C12H16BrClN2O/c1-12(2,3)16-11-8(13)5-4-6-9(11)15-10(17)7-14/h4-6,16H,7H2,1-3H3,(H,15,17). The summed E-state index contributed by atoms with van der Waals surface area (Å²) in [4.78, 5) is 11.3. The highest BCUT2D eigenvalue weighted by Gasteiger charge is 2.15. The van der Waals surface area contributed by atoms with Crippen LogP contribution in [0.4, 0.5) is 11.4 Å². The summed E-state index contributed by atoms with van der Waals surface area (Å²) in [6, 6.07) is 5.62. The van der Waals surface area contributed by atoms with Crippen molar-refractivity contribution in [1.29, 1.82) is 0 Å². The molecule has 0 fully saturated rings. The molecule has 0 saturated carbocycles. The van der Waals surface area contributed by atoms with E-state index >= 15 is 0 Å². The van der Waals surface area contributed by atoms with Gasteiger partial charge in [-0.05, 0) is 48.8 Å². The lowest BCUT2D eigenvalue weighted by Crippen LogP contribution is -2.27. The average molecular weight is 320 g/mol. The third-order valence-electron chi connectivity index (χ3n) is 1.91. The van der Waals surface area contributed by atoms with Crippen molar-refractivity contribution in [2.24, 2.45) is 0 Å². The van der Waals surface area contributed by atoms with Crippen LogP contribution in [0.15, 0.2) is 22.7 Å². The molecule has 0 atom stereocenters. The number of amides is 1. The highest BCUT2D eigenvalue weighted by atomic mass is 79.9. The molecule has 5 heteroatoms. The largest absolute Gasteiger partial charge is 0.378 e. The van der Waals surface area contributed by atoms with Gasteiger partial charge in [-0.15, -0.1) is 11.6 Å². The zero-order valence-corrected chi connectivity index (χ0v) is 12.4. The summed E-state index contributed by atoms with van der Waals surface area (Å²) in [6.07, 6.45) is 0. The van der Waals surface area contributed by atoms with E-state index in [1.165, 1.54) is 0 Å². The molecule has 0 spiro atoms. The highest BCUT2D eigenvalue weighted by Crippen LogP contribution is 2.32. The van der Waals surface area contributed by atoms with Gasteiger partial charge in [0.2, 0.25) is 5.91 Å². The molecule has 0 unspecified atom stereocenters. The van der Waals surface area contributed by atoms with E-state index in [4.69, 9.17) is 11.6 Å². The summed E-state index contributed by atoms with van der Waals surface area (Å²) in [5.74, 6) is -0.275. The number of halogens is 2. The zero-order valence-electron chi connectivity index (χ0n) is 10.1. The van der Waals surface area contributed by atoms with Crippen LogP contribution in [0.25, 0.3) is 0 Å². The number of alkyl halides is 1. The van der Waals surface area contributed by atoms with Gasteiger partial charge in [-0.3, -0.25) is 4.79 Å². The van der Waals surface area contributed by atoms with Gasteiger partial charge >= 0.3 is 0 Å². The van der Waals surface area contributed by atoms with Gasteiger partial charge in [0.05, 0.1) is 11.4 Å². The van der Waals surface area contributed by atoms with E-state index in [-0.39, 0.29) is 17.3 Å². The van der Waals surface area contributed by atoms with Crippen molar-refractivity contribution in [3.8, 4) is 0 Å². The van der Waals surface area contributed by atoms with Gasteiger partial charge in [-0.2, -0.15) is 0 Å². The van der Waals surface area contributed by atoms with Crippen molar-refractivity contribution in [3.63, 3.8) is 0 Å². The minimum absolute atomic E-state index is 0.0541. The monoisotopic (exact) mass is 318 g/mol. The normalized spacial score (nSPS) is 11.1. The average Bonchev–Trinajstić information content (AvgIpc) is 2.21. The minimum Gasteiger partial charge on any atom is -0.378 e. The third kappa shape index (κ3) is 4.56. The van der Waals surface area contributed by atoms with Crippen LogP contribution in [-0.4, -0.2) is 17.3 Å². The summed E-state index contributed by atoms with van der Waals surface area (Å²) < 4.78 is 0.903. The van der Waals surface area contributed by atoms with Gasteiger partial charge in [0, 0.05) is 10.0 Å². The first-order chi connectivity index (χ1) is 7.83. The molecule has 17 heavy (non-hydrogen) atoms. The maximum Gasteiger partial charge on any atom is 0.239 e. The molecule has 0 heterocycles. The molecule has 94 valence electrons. The van der Waals surface area contributed by atoms with E-state index < -0.39 is 0 Å². The van der Waals surface area contributed by atoms with Gasteiger partial charge in [-0.1, -0.05) is 6.07 Å². The number of benzene rings is 1.